The van der Waals surface area contributed by atoms with Gasteiger partial charge in [0.15, 0.2) is 0 Å². The maximum absolute atomic E-state index is 11.9. The molecule has 0 aromatic rings. The number of thioether (sulfide) groups is 1. The molecule has 1 unspecified atom stereocenters. The number of carbonyl (C=O) groups excluding carboxylic acids is 5. The molecule has 0 spiro atoms. The number of hydrogen-bond acceptors (Lipinski definition) is 10. The number of amides is 5. The van der Waals surface area contributed by atoms with E-state index in [2.05, 4.69) is 16.0 Å². The fourth-order valence-corrected chi connectivity index (χ4v) is 5.41. The van der Waals surface area contributed by atoms with Crippen LogP contribution in [0.3, 0.4) is 0 Å². The molecule has 3 heterocycles. The molecule has 3 fully saturated rings. The Balaban J connectivity index is 0.00000120. The standard InChI is InChI=1S/C20H29N4O6S.Na.O3S/c25-15(7-4-3-6-14-19-13(12-31-14)22-20(29)23-19)21-11-5-1-2-8-18(28)30-24-16(26)9-10-17(24)27;;1-4(2)3/h9,13-14,19H,1-8,10-12H2,(H,21,25)(H2,22,23,29);;/q-1;+1;/t13-,14?,19-;;/m0../s1. The van der Waals surface area contributed by atoms with E-state index in [-0.39, 0.29) is 66.4 Å². The summed E-state index contributed by atoms with van der Waals surface area (Å²) in [5, 5.41) is 9.71. The van der Waals surface area contributed by atoms with Crippen LogP contribution in [0.25, 0.3) is 0 Å². The fourth-order valence-electron chi connectivity index (χ4n) is 3.87. The van der Waals surface area contributed by atoms with Crippen LogP contribution < -0.4 is 45.5 Å². The number of fused-ring (bicyclic) bond motifs is 1. The topological polar surface area (TPSA) is 185 Å². The fraction of sp³-hybridized carbons (Fsp3) is 0.700. The van der Waals surface area contributed by atoms with Gasteiger partial charge in [-0.2, -0.15) is 11.8 Å². The van der Waals surface area contributed by atoms with Crippen molar-refractivity contribution in [3.63, 3.8) is 0 Å². The Labute approximate surface area is 236 Å². The van der Waals surface area contributed by atoms with Gasteiger partial charge in [0.1, 0.15) is 5.91 Å². The SMILES string of the molecule is O=C(CCCCC1SC[C@@H]2NC(=O)N[C@H]12)NCCCCCC(=O)ON1C(=O)[CH-]CC1=O.O=S(=O)=O.[Na+]. The van der Waals surface area contributed by atoms with Crippen molar-refractivity contribution in [1.29, 1.82) is 0 Å². The van der Waals surface area contributed by atoms with Crippen LogP contribution in [0.5, 0.6) is 0 Å². The summed E-state index contributed by atoms with van der Waals surface area (Å²) in [6, 6.07) is 0.363. The maximum atomic E-state index is 11.9. The number of carbonyl (C=O) groups is 5. The minimum Gasteiger partial charge on any atom is -0.356 e. The third-order valence-electron chi connectivity index (χ3n) is 5.53. The van der Waals surface area contributed by atoms with Crippen molar-refractivity contribution in [1.82, 2.24) is 21.0 Å². The summed E-state index contributed by atoms with van der Waals surface area (Å²) in [6.07, 6.45) is 6.51. The van der Waals surface area contributed by atoms with Gasteiger partial charge in [-0.25, -0.2) is 9.59 Å². The number of urea groups is 1. The second-order valence-electron chi connectivity index (χ2n) is 8.13. The number of nitrogens with one attached hydrogen (secondary N) is 3. The van der Waals surface area contributed by atoms with E-state index in [0.29, 0.717) is 29.7 Å². The summed E-state index contributed by atoms with van der Waals surface area (Å²) in [5.41, 5.74) is 0. The van der Waals surface area contributed by atoms with Crippen LogP contribution in [-0.2, 0) is 34.6 Å². The van der Waals surface area contributed by atoms with Crippen LogP contribution in [-0.4, -0.2) is 77.0 Å². The molecule has 196 valence electrons. The summed E-state index contributed by atoms with van der Waals surface area (Å²) in [5.74, 6) is -0.779. The zero-order valence-electron chi connectivity index (χ0n) is 20.0. The van der Waals surface area contributed by atoms with E-state index in [1.54, 1.807) is 0 Å². The molecule has 3 N–H and O–H groups in total. The molecule has 3 saturated heterocycles. The van der Waals surface area contributed by atoms with Crippen LogP contribution in [0.2, 0.25) is 0 Å². The Hall–Kier alpha value is -1.81. The molecule has 5 amide bonds. The first-order valence-corrected chi connectivity index (χ1v) is 13.3. The van der Waals surface area contributed by atoms with Crippen LogP contribution in [0.15, 0.2) is 0 Å². The first-order chi connectivity index (χ1) is 16.7. The number of nitrogens with zero attached hydrogens (tertiary/aromatic N) is 1. The summed E-state index contributed by atoms with van der Waals surface area (Å²) in [7, 11) is -3.11. The summed E-state index contributed by atoms with van der Waals surface area (Å²) >= 11 is 1.88. The van der Waals surface area contributed by atoms with E-state index in [4.69, 9.17) is 17.5 Å². The zero-order chi connectivity index (χ0) is 25.8. The monoisotopic (exact) mass is 556 g/mol. The minimum atomic E-state index is -3.11. The van der Waals surface area contributed by atoms with Crippen molar-refractivity contribution in [3.05, 3.63) is 6.42 Å². The molecular weight excluding hydrogens is 527 g/mol. The number of imide groups is 1. The number of rotatable bonds is 12. The van der Waals surface area contributed by atoms with Crippen molar-refractivity contribution >= 4 is 52.1 Å². The molecule has 0 aromatic carbocycles. The molecule has 0 saturated carbocycles. The van der Waals surface area contributed by atoms with Gasteiger partial charge >= 0.3 is 52.2 Å². The Kier molecular flexibility index (Phi) is 15.1. The minimum absolute atomic E-state index is 0. The van der Waals surface area contributed by atoms with Crippen molar-refractivity contribution in [3.8, 4) is 0 Å². The van der Waals surface area contributed by atoms with E-state index in [9.17, 15) is 24.0 Å². The maximum Gasteiger partial charge on any atom is 1.00 e. The average molecular weight is 557 g/mol. The third kappa shape index (κ3) is 11.5. The van der Waals surface area contributed by atoms with Gasteiger partial charge in [0.05, 0.1) is 12.1 Å². The van der Waals surface area contributed by atoms with E-state index in [1.165, 1.54) is 6.42 Å². The molecule has 3 aliphatic heterocycles. The molecule has 0 radical (unpaired) electrons. The Bertz CT molecular complexity index is 896. The first kappa shape index (κ1) is 32.2. The predicted molar refractivity (Wildman–Crippen MR) is 122 cm³/mol. The summed E-state index contributed by atoms with van der Waals surface area (Å²) in [4.78, 5) is 62.4. The predicted octanol–water partition coefficient (Wildman–Crippen LogP) is -3.19. The van der Waals surface area contributed by atoms with E-state index in [0.717, 1.165) is 37.9 Å². The van der Waals surface area contributed by atoms with Crippen molar-refractivity contribution in [2.75, 3.05) is 12.3 Å². The molecule has 3 aliphatic rings. The average Bonchev–Trinajstić information content (AvgIpc) is 3.43. The molecule has 36 heavy (non-hydrogen) atoms. The van der Waals surface area contributed by atoms with E-state index >= 15 is 0 Å². The van der Waals surface area contributed by atoms with Crippen molar-refractivity contribution in [2.45, 2.75) is 75.1 Å². The Morgan fingerprint density at radius 2 is 1.75 bits per heavy atom. The largest absolute Gasteiger partial charge is 1.00 e. The zero-order valence-corrected chi connectivity index (χ0v) is 23.7. The number of unbranched alkanes of at least 4 members (excludes halogenated alkanes) is 3. The van der Waals surface area contributed by atoms with Crippen LogP contribution in [0.4, 0.5) is 4.79 Å². The van der Waals surface area contributed by atoms with Crippen molar-refractivity contribution in [2.24, 2.45) is 0 Å². The molecule has 0 aliphatic carbocycles. The summed E-state index contributed by atoms with van der Waals surface area (Å²) in [6.45, 7) is 0.547. The van der Waals surface area contributed by atoms with Gasteiger partial charge in [0.2, 0.25) is 11.8 Å². The third-order valence-corrected chi connectivity index (χ3v) is 7.04. The number of hydrogen-bond donors (Lipinski definition) is 3. The summed E-state index contributed by atoms with van der Waals surface area (Å²) < 4.78 is 25.3. The van der Waals surface area contributed by atoms with Gasteiger partial charge in [0.25, 0.3) is 0 Å². The van der Waals surface area contributed by atoms with Crippen LogP contribution in [0.1, 0.15) is 57.8 Å². The van der Waals surface area contributed by atoms with Crippen molar-refractivity contribution < 1.29 is 71.0 Å². The molecule has 3 rings (SSSR count). The smallest absolute Gasteiger partial charge is 0.356 e. The number of hydroxylamine groups is 2. The quantitative estimate of drug-likeness (QED) is 0.0727. The molecular formula is C20H29N4NaO9S2. The molecule has 13 nitrogen and oxygen atoms in total. The Morgan fingerprint density at radius 3 is 2.42 bits per heavy atom. The second kappa shape index (κ2) is 16.8. The van der Waals surface area contributed by atoms with Gasteiger partial charge in [-0.3, -0.25) is 16.0 Å². The molecule has 3 atom stereocenters. The van der Waals surface area contributed by atoms with E-state index < -0.39 is 28.4 Å². The van der Waals surface area contributed by atoms with Gasteiger partial charge in [-0.1, -0.05) is 19.3 Å². The van der Waals surface area contributed by atoms with Gasteiger partial charge in [-0.15, -0.1) is 17.7 Å². The molecule has 0 bridgehead atoms. The van der Waals surface area contributed by atoms with Gasteiger partial charge in [-0.05, 0) is 25.7 Å². The normalized spacial score (nSPS) is 21.7. The van der Waals surface area contributed by atoms with E-state index in [1.807, 2.05) is 11.8 Å². The molecule has 16 heteroatoms. The molecule has 0 aromatic heterocycles. The van der Waals surface area contributed by atoms with Gasteiger partial charge in [0, 0.05) is 30.4 Å². The second-order valence-corrected chi connectivity index (χ2v) is 9.81. The van der Waals surface area contributed by atoms with Gasteiger partial charge < -0.3 is 25.6 Å². The van der Waals surface area contributed by atoms with Crippen LogP contribution in [0, 0.1) is 6.42 Å². The van der Waals surface area contributed by atoms with Crippen LogP contribution >= 0.6 is 11.8 Å². The first-order valence-electron chi connectivity index (χ1n) is 11.3. The Morgan fingerprint density at radius 1 is 1.06 bits per heavy atom.